The van der Waals surface area contributed by atoms with E-state index in [9.17, 15) is 4.79 Å². The SMILES string of the molecule is CCCCn1nc(C)c(-c2nnc(SCCC(=O)OC)s2)c1C. The number of hydrogen-bond acceptors (Lipinski definition) is 7. The molecule has 23 heavy (non-hydrogen) atoms. The van der Waals surface area contributed by atoms with Gasteiger partial charge in [0.05, 0.1) is 24.8 Å². The lowest BCUT2D eigenvalue weighted by atomic mass is 10.2. The summed E-state index contributed by atoms with van der Waals surface area (Å²) >= 11 is 3.07. The highest BCUT2D eigenvalue weighted by Crippen LogP contribution is 2.33. The zero-order chi connectivity index (χ0) is 16.8. The summed E-state index contributed by atoms with van der Waals surface area (Å²) in [6, 6.07) is 0. The second-order valence-electron chi connectivity index (χ2n) is 5.17. The fraction of sp³-hybridized carbons (Fsp3) is 0.600. The van der Waals surface area contributed by atoms with Crippen molar-refractivity contribution in [2.75, 3.05) is 12.9 Å². The van der Waals surface area contributed by atoms with Crippen LogP contribution in [0.1, 0.15) is 37.6 Å². The molecule has 0 aliphatic rings. The van der Waals surface area contributed by atoms with Gasteiger partial charge in [0.15, 0.2) is 9.35 Å². The summed E-state index contributed by atoms with van der Waals surface area (Å²) in [5.41, 5.74) is 3.21. The molecule has 0 atom stereocenters. The van der Waals surface area contributed by atoms with E-state index in [1.807, 2.05) is 6.92 Å². The number of ether oxygens (including phenoxy) is 1. The summed E-state index contributed by atoms with van der Waals surface area (Å²) in [5, 5.41) is 14.0. The lowest BCUT2D eigenvalue weighted by molar-refractivity contribution is -0.140. The highest BCUT2D eigenvalue weighted by Gasteiger charge is 2.17. The average Bonchev–Trinajstić information content (AvgIpc) is 3.09. The van der Waals surface area contributed by atoms with E-state index in [0.717, 1.165) is 45.7 Å². The third kappa shape index (κ3) is 4.54. The number of unbranched alkanes of at least 4 members (excludes halogenated alkanes) is 1. The third-order valence-electron chi connectivity index (χ3n) is 3.48. The number of rotatable bonds is 8. The minimum atomic E-state index is -0.203. The molecular weight excluding hydrogens is 332 g/mol. The molecule has 0 N–H and O–H groups in total. The maximum atomic E-state index is 11.1. The Labute approximate surface area is 144 Å². The maximum absolute atomic E-state index is 11.1. The number of methoxy groups -OCH3 is 1. The molecule has 0 unspecified atom stereocenters. The first kappa shape index (κ1) is 17.9. The van der Waals surface area contributed by atoms with Crippen LogP contribution in [0.3, 0.4) is 0 Å². The smallest absolute Gasteiger partial charge is 0.306 e. The Bertz CT molecular complexity index is 666. The van der Waals surface area contributed by atoms with Gasteiger partial charge in [-0.15, -0.1) is 10.2 Å². The van der Waals surface area contributed by atoms with E-state index in [2.05, 4.69) is 38.6 Å². The summed E-state index contributed by atoms with van der Waals surface area (Å²) in [6.07, 6.45) is 2.64. The molecule has 2 aromatic heterocycles. The molecule has 2 rings (SSSR count). The monoisotopic (exact) mass is 354 g/mol. The number of carbonyl (C=O) groups excluding carboxylic acids is 1. The highest BCUT2D eigenvalue weighted by molar-refractivity contribution is 8.01. The number of aryl methyl sites for hydroxylation is 2. The van der Waals surface area contributed by atoms with Gasteiger partial charge in [-0.2, -0.15) is 5.10 Å². The number of nitrogens with zero attached hydrogens (tertiary/aromatic N) is 4. The van der Waals surface area contributed by atoms with Crippen molar-refractivity contribution in [2.24, 2.45) is 0 Å². The van der Waals surface area contributed by atoms with Crippen molar-refractivity contribution in [3.05, 3.63) is 11.4 Å². The molecular formula is C15H22N4O2S2. The molecule has 0 amide bonds. The van der Waals surface area contributed by atoms with Gasteiger partial charge >= 0.3 is 5.97 Å². The molecule has 2 aromatic rings. The Balaban J connectivity index is 2.08. The minimum Gasteiger partial charge on any atom is -0.469 e. The highest BCUT2D eigenvalue weighted by atomic mass is 32.2. The van der Waals surface area contributed by atoms with Crippen LogP contribution < -0.4 is 0 Å². The van der Waals surface area contributed by atoms with Crippen molar-refractivity contribution in [3.8, 4) is 10.6 Å². The molecule has 2 heterocycles. The van der Waals surface area contributed by atoms with E-state index in [-0.39, 0.29) is 5.97 Å². The van der Waals surface area contributed by atoms with E-state index in [0.29, 0.717) is 12.2 Å². The summed E-state index contributed by atoms with van der Waals surface area (Å²) in [7, 11) is 1.40. The summed E-state index contributed by atoms with van der Waals surface area (Å²) in [4.78, 5) is 11.1. The van der Waals surface area contributed by atoms with Crippen molar-refractivity contribution in [3.63, 3.8) is 0 Å². The van der Waals surface area contributed by atoms with Crippen LogP contribution in [0.25, 0.3) is 10.6 Å². The van der Waals surface area contributed by atoms with Gasteiger partial charge in [0, 0.05) is 18.0 Å². The standard InChI is InChI=1S/C15H22N4O2S2/c1-5-6-8-19-11(3)13(10(2)18-19)14-16-17-15(23-14)22-9-7-12(20)21-4/h5-9H2,1-4H3. The van der Waals surface area contributed by atoms with E-state index < -0.39 is 0 Å². The average molecular weight is 355 g/mol. The summed E-state index contributed by atoms with van der Waals surface area (Å²) in [5.74, 6) is 0.445. The Morgan fingerprint density at radius 2 is 2.13 bits per heavy atom. The van der Waals surface area contributed by atoms with Crippen molar-refractivity contribution in [2.45, 2.75) is 50.9 Å². The largest absolute Gasteiger partial charge is 0.469 e. The van der Waals surface area contributed by atoms with Crippen LogP contribution in [0.5, 0.6) is 0 Å². The predicted octanol–water partition coefficient (Wildman–Crippen LogP) is 3.47. The number of aromatic nitrogens is 4. The predicted molar refractivity (Wildman–Crippen MR) is 92.9 cm³/mol. The molecule has 126 valence electrons. The second-order valence-corrected chi connectivity index (χ2v) is 7.49. The zero-order valence-electron chi connectivity index (χ0n) is 14.0. The minimum absolute atomic E-state index is 0.203. The normalized spacial score (nSPS) is 11.0. The molecule has 0 aliphatic heterocycles. The van der Waals surface area contributed by atoms with Gasteiger partial charge in [0.1, 0.15) is 0 Å². The maximum Gasteiger partial charge on any atom is 0.306 e. The van der Waals surface area contributed by atoms with Crippen LogP contribution in [0.15, 0.2) is 4.34 Å². The Morgan fingerprint density at radius 1 is 1.35 bits per heavy atom. The Morgan fingerprint density at radius 3 is 2.83 bits per heavy atom. The fourth-order valence-electron chi connectivity index (χ4n) is 2.22. The van der Waals surface area contributed by atoms with Gasteiger partial charge in [-0.05, 0) is 20.3 Å². The van der Waals surface area contributed by atoms with Gasteiger partial charge < -0.3 is 4.74 Å². The van der Waals surface area contributed by atoms with Crippen LogP contribution in [0.2, 0.25) is 0 Å². The van der Waals surface area contributed by atoms with E-state index in [1.54, 1.807) is 11.3 Å². The van der Waals surface area contributed by atoms with Crippen molar-refractivity contribution in [1.82, 2.24) is 20.0 Å². The van der Waals surface area contributed by atoms with Gasteiger partial charge in [0.2, 0.25) is 0 Å². The van der Waals surface area contributed by atoms with Crippen molar-refractivity contribution in [1.29, 1.82) is 0 Å². The van der Waals surface area contributed by atoms with Gasteiger partial charge in [-0.1, -0.05) is 36.4 Å². The topological polar surface area (TPSA) is 69.9 Å². The first-order chi connectivity index (χ1) is 11.1. The molecule has 0 bridgehead atoms. The molecule has 0 saturated carbocycles. The first-order valence-electron chi connectivity index (χ1n) is 7.64. The van der Waals surface area contributed by atoms with Gasteiger partial charge in [-0.3, -0.25) is 9.48 Å². The van der Waals surface area contributed by atoms with Gasteiger partial charge in [0.25, 0.3) is 0 Å². The molecule has 0 fully saturated rings. The number of esters is 1. The fourth-order valence-corrected chi connectivity index (χ4v) is 4.22. The van der Waals surface area contributed by atoms with Crippen LogP contribution in [-0.4, -0.2) is 38.8 Å². The lowest BCUT2D eigenvalue weighted by Crippen LogP contribution is -2.02. The van der Waals surface area contributed by atoms with Crippen molar-refractivity contribution < 1.29 is 9.53 Å². The molecule has 0 radical (unpaired) electrons. The van der Waals surface area contributed by atoms with E-state index in [1.165, 1.54) is 18.9 Å². The Kier molecular flexibility index (Phi) is 6.59. The van der Waals surface area contributed by atoms with Crippen LogP contribution in [0.4, 0.5) is 0 Å². The summed E-state index contributed by atoms with van der Waals surface area (Å²) < 4.78 is 7.55. The van der Waals surface area contributed by atoms with Crippen LogP contribution in [0, 0.1) is 13.8 Å². The molecule has 8 heteroatoms. The second kappa shape index (κ2) is 8.44. The quantitative estimate of drug-likeness (QED) is 0.534. The molecule has 0 aliphatic carbocycles. The van der Waals surface area contributed by atoms with Crippen LogP contribution >= 0.6 is 23.1 Å². The molecule has 0 spiro atoms. The van der Waals surface area contributed by atoms with Gasteiger partial charge in [-0.25, -0.2) is 0 Å². The third-order valence-corrected chi connectivity index (χ3v) is 5.56. The van der Waals surface area contributed by atoms with E-state index in [4.69, 9.17) is 0 Å². The number of thioether (sulfide) groups is 1. The van der Waals surface area contributed by atoms with Crippen LogP contribution in [-0.2, 0) is 16.1 Å². The molecule has 0 aromatic carbocycles. The first-order valence-corrected chi connectivity index (χ1v) is 9.44. The summed E-state index contributed by atoms with van der Waals surface area (Å²) in [6.45, 7) is 7.20. The Hall–Kier alpha value is -1.41. The van der Waals surface area contributed by atoms with Crippen molar-refractivity contribution >= 4 is 29.1 Å². The zero-order valence-corrected chi connectivity index (χ0v) is 15.6. The molecule has 6 nitrogen and oxygen atoms in total. The lowest BCUT2D eigenvalue weighted by Gasteiger charge is -2.02. The molecule has 0 saturated heterocycles. The van der Waals surface area contributed by atoms with E-state index >= 15 is 0 Å². The number of hydrogen-bond donors (Lipinski definition) is 0. The number of carbonyl (C=O) groups is 1.